The monoisotopic (exact) mass is 466 g/mol. The van der Waals surface area contributed by atoms with E-state index in [9.17, 15) is 8.78 Å². The summed E-state index contributed by atoms with van der Waals surface area (Å²) in [5, 5.41) is 11.5. The van der Waals surface area contributed by atoms with E-state index in [1.807, 2.05) is 31.3 Å². The highest BCUT2D eigenvalue weighted by molar-refractivity contribution is 5.82. The predicted octanol–water partition coefficient (Wildman–Crippen LogP) is 4.56. The highest BCUT2D eigenvalue weighted by atomic mass is 19.3. The summed E-state index contributed by atoms with van der Waals surface area (Å²) in [6, 6.07) is 6.39. The molecule has 4 aromatic heterocycles. The lowest BCUT2D eigenvalue weighted by Crippen LogP contribution is -2.36. The molecular weight excluding hydrogens is 438 g/mol. The van der Waals surface area contributed by atoms with Gasteiger partial charge in [0.25, 0.3) is 6.43 Å². The van der Waals surface area contributed by atoms with Gasteiger partial charge in [-0.3, -0.25) is 0 Å². The number of nitrogens with one attached hydrogen (secondary N) is 2. The first-order valence-electron chi connectivity index (χ1n) is 11.5. The molecule has 10 heteroatoms. The molecule has 5 rings (SSSR count). The number of imidazole rings is 1. The maximum absolute atomic E-state index is 13.1. The van der Waals surface area contributed by atoms with Gasteiger partial charge in [-0.1, -0.05) is 6.58 Å². The third-order valence-electron chi connectivity index (χ3n) is 6.31. The van der Waals surface area contributed by atoms with Crippen LogP contribution in [0.4, 0.5) is 14.7 Å². The first kappa shape index (κ1) is 22.2. The third-order valence-corrected chi connectivity index (χ3v) is 6.31. The van der Waals surface area contributed by atoms with E-state index in [4.69, 9.17) is 0 Å². The van der Waals surface area contributed by atoms with Gasteiger partial charge < -0.3 is 15.2 Å². The largest absolute Gasteiger partial charge is 0.386 e. The highest BCUT2D eigenvalue weighted by Crippen LogP contribution is 2.27. The lowest BCUT2D eigenvalue weighted by molar-refractivity contribution is 0.127. The fraction of sp³-hybridized carbons (Fsp3) is 0.417. The lowest BCUT2D eigenvalue weighted by atomic mass is 9.91. The van der Waals surface area contributed by atoms with Crippen LogP contribution in [0.3, 0.4) is 0 Å². The molecule has 0 atom stereocenters. The van der Waals surface area contributed by atoms with Crippen LogP contribution in [0, 0.1) is 6.92 Å². The molecule has 178 valence electrons. The summed E-state index contributed by atoms with van der Waals surface area (Å²) in [5.41, 5.74) is 4.35. The minimum atomic E-state index is -2.48. The van der Waals surface area contributed by atoms with Crippen molar-refractivity contribution < 1.29 is 8.78 Å². The standard InChI is InChI=1S/C24H28F2N8/c1-14(2)28-16-4-6-17(7-5-16)30-24-27-12-21-18(10-11-34(21)32-24)19-8-9-20-23(31-19)33(13-22(25)26)15(3)29-20/h8-12,16-17,22,28H,1,4-7,13H2,2-3H3,(H,30,32). The van der Waals surface area contributed by atoms with Gasteiger partial charge in [-0.15, -0.1) is 5.10 Å². The average Bonchev–Trinajstić information content (AvgIpc) is 3.34. The molecule has 34 heavy (non-hydrogen) atoms. The van der Waals surface area contributed by atoms with Gasteiger partial charge >= 0.3 is 0 Å². The van der Waals surface area contributed by atoms with E-state index in [1.165, 1.54) is 4.57 Å². The van der Waals surface area contributed by atoms with Crippen molar-refractivity contribution in [1.29, 1.82) is 0 Å². The van der Waals surface area contributed by atoms with E-state index in [0.29, 0.717) is 40.7 Å². The van der Waals surface area contributed by atoms with Crippen LogP contribution < -0.4 is 10.6 Å². The fourth-order valence-electron chi connectivity index (χ4n) is 4.72. The summed E-state index contributed by atoms with van der Waals surface area (Å²) in [7, 11) is 0. The predicted molar refractivity (Wildman–Crippen MR) is 128 cm³/mol. The Morgan fingerprint density at radius 2 is 1.91 bits per heavy atom. The SMILES string of the molecule is C=C(C)NC1CCC(Nc2ncc3c(-c4ccc5nc(C)n(CC(F)F)c5n4)ccn3n2)CC1. The second-order valence-electron chi connectivity index (χ2n) is 8.96. The van der Waals surface area contributed by atoms with Crippen molar-refractivity contribution >= 4 is 22.6 Å². The Balaban J connectivity index is 1.36. The van der Waals surface area contributed by atoms with Crippen LogP contribution in [0.2, 0.25) is 0 Å². The molecule has 0 aromatic carbocycles. The zero-order valence-electron chi connectivity index (χ0n) is 19.3. The Labute approximate surface area is 196 Å². The Kier molecular flexibility index (Phi) is 5.89. The fourth-order valence-corrected chi connectivity index (χ4v) is 4.72. The van der Waals surface area contributed by atoms with Crippen molar-refractivity contribution in [3.05, 3.63) is 48.7 Å². The summed E-state index contributed by atoms with van der Waals surface area (Å²) >= 11 is 0. The normalized spacial score (nSPS) is 18.6. The number of nitrogens with zero attached hydrogens (tertiary/aromatic N) is 6. The number of allylic oxidation sites excluding steroid dienone is 1. The number of hydrogen-bond acceptors (Lipinski definition) is 6. The lowest BCUT2D eigenvalue weighted by Gasteiger charge is -2.30. The smallest absolute Gasteiger partial charge is 0.256 e. The number of hydrogen-bond donors (Lipinski definition) is 2. The summed E-state index contributed by atoms with van der Waals surface area (Å²) in [6.07, 6.45) is 5.39. The molecule has 1 aliphatic carbocycles. The average molecular weight is 467 g/mol. The summed E-state index contributed by atoms with van der Waals surface area (Å²) < 4.78 is 29.3. The molecule has 4 heterocycles. The van der Waals surface area contributed by atoms with Crippen molar-refractivity contribution in [2.24, 2.45) is 0 Å². The highest BCUT2D eigenvalue weighted by Gasteiger charge is 2.22. The number of anilines is 1. The number of halogens is 2. The zero-order valence-corrected chi connectivity index (χ0v) is 19.3. The second kappa shape index (κ2) is 9.00. The molecule has 0 bridgehead atoms. The Morgan fingerprint density at radius 1 is 1.15 bits per heavy atom. The van der Waals surface area contributed by atoms with E-state index in [1.54, 1.807) is 17.6 Å². The van der Waals surface area contributed by atoms with Crippen LogP contribution in [0.1, 0.15) is 38.4 Å². The molecule has 8 nitrogen and oxygen atoms in total. The minimum absolute atomic E-state index is 0.332. The molecule has 1 saturated carbocycles. The van der Waals surface area contributed by atoms with Crippen molar-refractivity contribution in [1.82, 2.24) is 34.4 Å². The van der Waals surface area contributed by atoms with Gasteiger partial charge in [0.15, 0.2) is 5.65 Å². The molecule has 0 amide bonds. The molecular formula is C24H28F2N8. The van der Waals surface area contributed by atoms with Crippen LogP contribution in [0.25, 0.3) is 27.9 Å². The maximum Gasteiger partial charge on any atom is 0.256 e. The number of fused-ring (bicyclic) bond motifs is 2. The molecule has 1 aliphatic rings. The molecule has 0 aliphatic heterocycles. The van der Waals surface area contributed by atoms with E-state index >= 15 is 0 Å². The van der Waals surface area contributed by atoms with E-state index in [-0.39, 0.29) is 0 Å². The van der Waals surface area contributed by atoms with Gasteiger partial charge in [-0.05, 0) is 57.7 Å². The number of rotatable bonds is 7. The second-order valence-corrected chi connectivity index (χ2v) is 8.96. The van der Waals surface area contributed by atoms with Gasteiger partial charge in [0.05, 0.1) is 24.0 Å². The number of alkyl halides is 2. The molecule has 0 radical (unpaired) electrons. The van der Waals surface area contributed by atoms with Gasteiger partial charge in [0, 0.05) is 29.5 Å². The topological polar surface area (TPSA) is 85.0 Å². The van der Waals surface area contributed by atoms with E-state index in [0.717, 1.165) is 42.5 Å². The molecule has 2 N–H and O–H groups in total. The Bertz CT molecular complexity index is 1330. The minimum Gasteiger partial charge on any atom is -0.386 e. The van der Waals surface area contributed by atoms with Gasteiger partial charge in [-0.2, -0.15) is 0 Å². The molecule has 4 aromatic rings. The summed E-state index contributed by atoms with van der Waals surface area (Å²) in [6.45, 7) is 7.20. The van der Waals surface area contributed by atoms with Crippen molar-refractivity contribution in [2.45, 2.75) is 64.6 Å². The number of aromatic nitrogens is 6. The van der Waals surface area contributed by atoms with Gasteiger partial charge in [0.1, 0.15) is 11.3 Å². The van der Waals surface area contributed by atoms with Crippen molar-refractivity contribution in [3.8, 4) is 11.3 Å². The van der Waals surface area contributed by atoms with Crippen molar-refractivity contribution in [2.75, 3.05) is 5.32 Å². The first-order valence-corrected chi connectivity index (χ1v) is 11.5. The van der Waals surface area contributed by atoms with Crippen LogP contribution in [0.15, 0.2) is 42.9 Å². The van der Waals surface area contributed by atoms with E-state index < -0.39 is 13.0 Å². The first-order chi connectivity index (χ1) is 16.4. The Morgan fingerprint density at radius 3 is 2.65 bits per heavy atom. The van der Waals surface area contributed by atoms with Crippen molar-refractivity contribution in [3.63, 3.8) is 0 Å². The number of pyridine rings is 1. The van der Waals surface area contributed by atoms with Crippen LogP contribution in [-0.4, -0.2) is 47.6 Å². The molecule has 1 fully saturated rings. The quantitative estimate of drug-likeness (QED) is 0.415. The van der Waals surface area contributed by atoms with E-state index in [2.05, 4.69) is 37.3 Å². The summed E-state index contributed by atoms with van der Waals surface area (Å²) in [4.78, 5) is 13.5. The van der Waals surface area contributed by atoms with Gasteiger partial charge in [-0.25, -0.2) is 28.2 Å². The zero-order chi connectivity index (χ0) is 23.8. The molecule has 0 saturated heterocycles. The van der Waals surface area contributed by atoms with Gasteiger partial charge in [0.2, 0.25) is 5.95 Å². The number of aryl methyl sites for hydroxylation is 1. The Hall–Kier alpha value is -3.56. The molecule has 0 unspecified atom stereocenters. The van der Waals surface area contributed by atoms with Crippen LogP contribution >= 0.6 is 0 Å². The molecule has 0 spiro atoms. The summed E-state index contributed by atoms with van der Waals surface area (Å²) in [5.74, 6) is 1.10. The third kappa shape index (κ3) is 4.44. The van der Waals surface area contributed by atoms with Crippen LogP contribution in [0.5, 0.6) is 0 Å². The maximum atomic E-state index is 13.1. The van der Waals surface area contributed by atoms with Crippen LogP contribution in [-0.2, 0) is 6.54 Å².